The lowest BCUT2D eigenvalue weighted by molar-refractivity contribution is -0.123. The van der Waals surface area contributed by atoms with E-state index in [0.29, 0.717) is 22.3 Å². The first-order valence-corrected chi connectivity index (χ1v) is 8.30. The molecule has 2 rings (SSSR count). The lowest BCUT2D eigenvalue weighted by Crippen LogP contribution is -2.33. The average molecular weight is 382 g/mol. The lowest BCUT2D eigenvalue weighted by Gasteiger charge is -2.08. The van der Waals surface area contributed by atoms with Crippen molar-refractivity contribution in [3.05, 3.63) is 58.3 Å². The summed E-state index contributed by atoms with van der Waals surface area (Å²) in [7, 11) is 0. The van der Waals surface area contributed by atoms with Crippen molar-refractivity contribution in [2.45, 2.75) is 13.0 Å². The topological polar surface area (TPSA) is 80.3 Å². The van der Waals surface area contributed by atoms with Gasteiger partial charge in [0.25, 0.3) is 5.91 Å². The summed E-state index contributed by atoms with van der Waals surface area (Å²) in [5, 5.41) is 6.15. The van der Waals surface area contributed by atoms with Crippen LogP contribution in [-0.2, 0) is 16.1 Å². The van der Waals surface area contributed by atoms with E-state index in [1.165, 1.54) is 6.07 Å². The molecule has 0 unspecified atom stereocenters. The number of nitrogens with zero attached hydrogens (tertiary/aromatic N) is 1. The number of benzene rings is 1. The lowest BCUT2D eigenvalue weighted by atomic mass is 10.2. The molecule has 0 spiro atoms. The van der Waals surface area contributed by atoms with Crippen LogP contribution in [0.4, 0.5) is 0 Å². The van der Waals surface area contributed by atoms with Crippen LogP contribution in [-0.4, -0.2) is 29.9 Å². The molecule has 0 bridgehead atoms. The predicted molar refractivity (Wildman–Crippen MR) is 95.7 cm³/mol. The second-order valence-corrected chi connectivity index (χ2v) is 5.91. The SMILES string of the molecule is O=C(CCNC(=O)COc1ccc(Cl)c(Cl)c1)NCc1ccncc1. The van der Waals surface area contributed by atoms with Crippen LogP contribution in [0.15, 0.2) is 42.7 Å². The summed E-state index contributed by atoms with van der Waals surface area (Å²) in [6, 6.07) is 8.38. The van der Waals surface area contributed by atoms with E-state index in [9.17, 15) is 9.59 Å². The summed E-state index contributed by atoms with van der Waals surface area (Å²) in [5.41, 5.74) is 0.961. The molecule has 0 atom stereocenters. The number of hydrogen-bond acceptors (Lipinski definition) is 4. The van der Waals surface area contributed by atoms with Gasteiger partial charge in [-0.3, -0.25) is 14.6 Å². The van der Waals surface area contributed by atoms with Gasteiger partial charge in [0.1, 0.15) is 5.75 Å². The quantitative estimate of drug-likeness (QED) is 0.736. The minimum absolute atomic E-state index is 0.150. The standard InChI is InChI=1S/C17H17Cl2N3O3/c18-14-2-1-13(9-15(14)19)25-11-17(24)21-8-5-16(23)22-10-12-3-6-20-7-4-12/h1-4,6-7,9H,5,8,10-11H2,(H,21,24)(H,22,23). The summed E-state index contributed by atoms with van der Waals surface area (Å²) in [6.45, 7) is 0.484. The van der Waals surface area contributed by atoms with E-state index in [-0.39, 0.29) is 31.4 Å². The Hall–Kier alpha value is -2.31. The minimum atomic E-state index is -0.326. The van der Waals surface area contributed by atoms with E-state index in [4.69, 9.17) is 27.9 Å². The second-order valence-electron chi connectivity index (χ2n) is 5.10. The Bertz CT molecular complexity index is 726. The number of ether oxygens (including phenoxy) is 1. The van der Waals surface area contributed by atoms with Gasteiger partial charge in [-0.1, -0.05) is 23.2 Å². The monoisotopic (exact) mass is 381 g/mol. The number of carbonyl (C=O) groups excluding carboxylic acids is 2. The second kappa shape index (κ2) is 9.86. The van der Waals surface area contributed by atoms with Gasteiger partial charge in [0.05, 0.1) is 10.0 Å². The summed E-state index contributed by atoms with van der Waals surface area (Å²) < 4.78 is 5.30. The van der Waals surface area contributed by atoms with Crippen molar-refractivity contribution in [3.8, 4) is 5.75 Å². The fraction of sp³-hybridized carbons (Fsp3) is 0.235. The molecule has 0 aliphatic carbocycles. The summed E-state index contributed by atoms with van der Waals surface area (Å²) >= 11 is 11.7. The molecule has 8 heteroatoms. The molecule has 0 saturated carbocycles. The van der Waals surface area contributed by atoms with Gasteiger partial charge < -0.3 is 15.4 Å². The van der Waals surface area contributed by atoms with Crippen molar-refractivity contribution in [1.82, 2.24) is 15.6 Å². The van der Waals surface area contributed by atoms with Crippen LogP contribution >= 0.6 is 23.2 Å². The molecule has 0 aliphatic heterocycles. The molecule has 6 nitrogen and oxygen atoms in total. The Morgan fingerprint density at radius 1 is 1.00 bits per heavy atom. The van der Waals surface area contributed by atoms with Crippen LogP contribution in [0.25, 0.3) is 0 Å². The number of nitrogens with one attached hydrogen (secondary N) is 2. The van der Waals surface area contributed by atoms with Crippen molar-refractivity contribution in [1.29, 1.82) is 0 Å². The first kappa shape index (κ1) is 19.0. The van der Waals surface area contributed by atoms with E-state index < -0.39 is 0 Å². The van der Waals surface area contributed by atoms with Crippen LogP contribution < -0.4 is 15.4 Å². The van der Waals surface area contributed by atoms with Gasteiger partial charge in [-0.15, -0.1) is 0 Å². The number of rotatable bonds is 8. The molecular formula is C17H17Cl2N3O3. The fourth-order valence-electron chi connectivity index (χ4n) is 1.87. The number of halogens is 2. The van der Waals surface area contributed by atoms with Crippen molar-refractivity contribution < 1.29 is 14.3 Å². The zero-order valence-electron chi connectivity index (χ0n) is 13.3. The van der Waals surface area contributed by atoms with E-state index in [2.05, 4.69) is 15.6 Å². The molecule has 1 aromatic heterocycles. The molecule has 0 fully saturated rings. The number of hydrogen-bond donors (Lipinski definition) is 2. The summed E-state index contributed by atoms with van der Waals surface area (Å²) in [5.74, 6) is -0.0323. The zero-order chi connectivity index (χ0) is 18.1. The van der Waals surface area contributed by atoms with Crippen molar-refractivity contribution >= 4 is 35.0 Å². The Morgan fingerprint density at radius 2 is 1.76 bits per heavy atom. The highest BCUT2D eigenvalue weighted by Gasteiger charge is 2.06. The average Bonchev–Trinajstić information content (AvgIpc) is 2.62. The summed E-state index contributed by atoms with van der Waals surface area (Å²) in [4.78, 5) is 27.3. The van der Waals surface area contributed by atoms with Crippen LogP contribution in [0.1, 0.15) is 12.0 Å². The molecule has 0 saturated heterocycles. The Labute approximate surface area is 155 Å². The number of aromatic nitrogens is 1. The maximum atomic E-state index is 11.7. The first-order valence-electron chi connectivity index (χ1n) is 7.55. The zero-order valence-corrected chi connectivity index (χ0v) is 14.8. The fourth-order valence-corrected chi connectivity index (χ4v) is 2.16. The van der Waals surface area contributed by atoms with Gasteiger partial charge in [-0.05, 0) is 29.8 Å². The van der Waals surface area contributed by atoms with Gasteiger partial charge >= 0.3 is 0 Å². The van der Waals surface area contributed by atoms with Crippen LogP contribution in [0.2, 0.25) is 10.0 Å². The molecule has 25 heavy (non-hydrogen) atoms. The molecule has 2 amide bonds. The molecule has 2 N–H and O–H groups in total. The number of carbonyl (C=O) groups is 2. The normalized spacial score (nSPS) is 10.2. The molecular weight excluding hydrogens is 365 g/mol. The highest BCUT2D eigenvalue weighted by atomic mass is 35.5. The van der Waals surface area contributed by atoms with E-state index >= 15 is 0 Å². The van der Waals surface area contributed by atoms with Crippen LogP contribution in [0, 0.1) is 0 Å². The van der Waals surface area contributed by atoms with Crippen molar-refractivity contribution in [2.75, 3.05) is 13.2 Å². The predicted octanol–water partition coefficient (Wildman–Crippen LogP) is 2.59. The number of pyridine rings is 1. The summed E-state index contributed by atoms with van der Waals surface area (Å²) in [6.07, 6.45) is 3.51. The largest absolute Gasteiger partial charge is 0.484 e. The smallest absolute Gasteiger partial charge is 0.257 e. The van der Waals surface area contributed by atoms with E-state index in [0.717, 1.165) is 5.56 Å². The Balaban J connectivity index is 1.61. The van der Waals surface area contributed by atoms with Crippen molar-refractivity contribution in [2.24, 2.45) is 0 Å². The van der Waals surface area contributed by atoms with Crippen LogP contribution in [0.3, 0.4) is 0 Å². The Morgan fingerprint density at radius 3 is 2.48 bits per heavy atom. The highest BCUT2D eigenvalue weighted by molar-refractivity contribution is 6.42. The minimum Gasteiger partial charge on any atom is -0.484 e. The molecule has 1 heterocycles. The molecule has 0 radical (unpaired) electrons. The van der Waals surface area contributed by atoms with Gasteiger partial charge in [0, 0.05) is 38.0 Å². The third kappa shape index (κ3) is 6.99. The molecule has 2 aromatic rings. The third-order valence-electron chi connectivity index (χ3n) is 3.17. The van der Waals surface area contributed by atoms with E-state index in [1.54, 1.807) is 24.5 Å². The van der Waals surface area contributed by atoms with Crippen LogP contribution in [0.5, 0.6) is 5.75 Å². The molecule has 1 aromatic carbocycles. The Kier molecular flexibility index (Phi) is 7.50. The van der Waals surface area contributed by atoms with Gasteiger partial charge in [-0.2, -0.15) is 0 Å². The molecule has 0 aliphatic rings. The van der Waals surface area contributed by atoms with Gasteiger partial charge in [0.15, 0.2) is 6.61 Å². The third-order valence-corrected chi connectivity index (χ3v) is 3.91. The highest BCUT2D eigenvalue weighted by Crippen LogP contribution is 2.26. The first-order chi connectivity index (χ1) is 12.0. The van der Waals surface area contributed by atoms with Gasteiger partial charge in [0.2, 0.25) is 5.91 Å². The molecule has 132 valence electrons. The van der Waals surface area contributed by atoms with Gasteiger partial charge in [-0.25, -0.2) is 0 Å². The maximum Gasteiger partial charge on any atom is 0.257 e. The van der Waals surface area contributed by atoms with Crippen molar-refractivity contribution in [3.63, 3.8) is 0 Å². The maximum absolute atomic E-state index is 11.7. The van der Waals surface area contributed by atoms with E-state index in [1.807, 2.05) is 12.1 Å². The number of amides is 2.